The number of carbonyl (C=O) groups is 2. The summed E-state index contributed by atoms with van der Waals surface area (Å²) in [5.41, 5.74) is -0.343. The lowest BCUT2D eigenvalue weighted by Crippen LogP contribution is -2.50. The van der Waals surface area contributed by atoms with Crippen molar-refractivity contribution in [2.45, 2.75) is 166 Å². The van der Waals surface area contributed by atoms with Gasteiger partial charge in [0, 0.05) is 5.56 Å². The molecule has 7 heteroatoms. The van der Waals surface area contributed by atoms with Gasteiger partial charge in [-0.15, -0.1) is 0 Å². The van der Waals surface area contributed by atoms with Crippen LogP contribution < -0.4 is 5.11 Å². The van der Waals surface area contributed by atoms with Gasteiger partial charge in [-0.1, -0.05) is 135 Å². The van der Waals surface area contributed by atoms with Gasteiger partial charge in [0.05, 0.1) is 58.3 Å². The van der Waals surface area contributed by atoms with E-state index >= 15 is 0 Å². The lowest BCUT2D eigenvalue weighted by atomic mass is 10.1. The number of nitrogens with zero attached hydrogens (tertiary/aromatic N) is 1. The van der Waals surface area contributed by atoms with Gasteiger partial charge in [0.25, 0.3) is 0 Å². The zero-order chi connectivity index (χ0) is 36.2. The average molecular weight is 700 g/mol. The van der Waals surface area contributed by atoms with E-state index in [9.17, 15) is 18.9 Å². The van der Waals surface area contributed by atoms with E-state index < -0.39 is 22.7 Å². The Hall–Kier alpha value is -2.51. The van der Waals surface area contributed by atoms with Crippen molar-refractivity contribution in [1.29, 1.82) is 0 Å². The highest BCUT2D eigenvalue weighted by Crippen LogP contribution is 2.23. The van der Waals surface area contributed by atoms with E-state index in [0.717, 1.165) is 0 Å². The first kappa shape index (κ1) is 44.5. The van der Waals surface area contributed by atoms with Gasteiger partial charge >= 0.3 is 5.97 Å². The van der Waals surface area contributed by atoms with E-state index in [-0.39, 0.29) is 20.9 Å². The van der Waals surface area contributed by atoms with E-state index in [0.29, 0.717) is 0 Å². The number of quaternary nitrogens is 1. The maximum absolute atomic E-state index is 12.5. The quantitative estimate of drug-likeness (QED) is 0.0705. The van der Waals surface area contributed by atoms with Crippen LogP contribution >= 0.6 is 0 Å². The predicted molar refractivity (Wildman–Crippen MR) is 204 cm³/mol. The third-order valence-electron chi connectivity index (χ3n) is 9.57. The molecule has 0 spiro atoms. The molecule has 278 valence electrons. The van der Waals surface area contributed by atoms with Crippen LogP contribution in [-0.2, 0) is 10.8 Å². The third kappa shape index (κ3) is 18.9. The number of carboxylic acid groups (broad SMARTS) is 2. The largest absolute Gasteiger partial charge is 0.545 e. The lowest BCUT2D eigenvalue weighted by Gasteiger charge is -2.39. The molecule has 0 amide bonds. The average Bonchev–Trinajstić information content (AvgIpc) is 3.11. The van der Waals surface area contributed by atoms with Gasteiger partial charge in [-0.25, -0.2) is 9.00 Å². The number of carbonyl (C=O) groups excluding carboxylic acids is 1. The molecule has 0 saturated carbocycles. The normalized spacial score (nSPS) is 11.9. The van der Waals surface area contributed by atoms with Crippen molar-refractivity contribution in [3.63, 3.8) is 0 Å². The van der Waals surface area contributed by atoms with Crippen LogP contribution in [0.3, 0.4) is 0 Å². The summed E-state index contributed by atoms with van der Waals surface area (Å²) in [5, 5.41) is 20.1. The van der Waals surface area contributed by atoms with E-state index in [4.69, 9.17) is 5.11 Å². The Bertz CT molecular complexity index is 1060. The van der Waals surface area contributed by atoms with Gasteiger partial charge in [-0.2, -0.15) is 0 Å². The predicted octanol–water partition coefficient (Wildman–Crippen LogP) is 10.6. The van der Waals surface area contributed by atoms with Crippen molar-refractivity contribution in [3.05, 3.63) is 59.7 Å². The Kier molecular flexibility index (Phi) is 25.6. The smallest absolute Gasteiger partial charge is 0.336 e. The monoisotopic (exact) mass is 699 g/mol. The Labute approximate surface area is 302 Å². The molecule has 0 radical (unpaired) electrons. The minimum Gasteiger partial charge on any atom is -0.545 e. The van der Waals surface area contributed by atoms with Gasteiger partial charge < -0.3 is 19.5 Å². The number of carboxylic acids is 2. The second kappa shape index (κ2) is 28.2. The third-order valence-corrected chi connectivity index (χ3v) is 11.1. The summed E-state index contributed by atoms with van der Waals surface area (Å²) < 4.78 is 13.9. The summed E-state index contributed by atoms with van der Waals surface area (Å²) >= 11 is 0. The van der Waals surface area contributed by atoms with Crippen LogP contribution in [0.2, 0.25) is 0 Å². The molecular formula is C42H69NO5S. The summed E-state index contributed by atoms with van der Waals surface area (Å²) in [4.78, 5) is 22.2. The minimum absolute atomic E-state index is 0.0150. The first-order valence-electron chi connectivity index (χ1n) is 19.7. The molecule has 0 bridgehead atoms. The zero-order valence-electron chi connectivity index (χ0n) is 31.5. The maximum Gasteiger partial charge on any atom is 0.336 e. The highest BCUT2D eigenvalue weighted by atomic mass is 32.2. The van der Waals surface area contributed by atoms with Crippen LogP contribution in [0.4, 0.5) is 0 Å². The van der Waals surface area contributed by atoms with Gasteiger partial charge in [-0.05, 0) is 69.6 Å². The number of hydrogen-bond acceptors (Lipinski definition) is 4. The second-order valence-corrected chi connectivity index (χ2v) is 15.2. The van der Waals surface area contributed by atoms with Crippen LogP contribution in [0.1, 0.15) is 177 Å². The Morgan fingerprint density at radius 2 is 0.837 bits per heavy atom. The SMILES string of the molecule is CCCCCCC[N+](CCCCCCC)(CCCCCCC)CCCCCCC.O=C([O-])c1ccccc1S(=O)c1ccccc1C(=O)O. The minimum atomic E-state index is -1.91. The molecule has 6 nitrogen and oxygen atoms in total. The van der Waals surface area contributed by atoms with Crippen molar-refractivity contribution in [2.24, 2.45) is 0 Å². The van der Waals surface area contributed by atoms with Gasteiger partial charge in [0.2, 0.25) is 0 Å². The van der Waals surface area contributed by atoms with E-state index in [2.05, 4.69) is 27.7 Å². The molecule has 0 aromatic heterocycles. The molecule has 0 aliphatic carbocycles. The summed E-state index contributed by atoms with van der Waals surface area (Å²) in [6, 6.07) is 11.4. The standard InChI is InChI=1S/C28H60N.C14H10O5S/c1-5-9-13-17-21-25-29(26-22-18-14-10-6-2,27-23-19-15-11-7-3)28-24-20-16-12-8-4;15-13(16)9-5-1-3-7-11(9)20(19)12-8-4-2-6-10(12)14(17)18/h5-28H2,1-4H3;1-8H,(H,15,16)(H,17,18)/q+1;/p-1. The summed E-state index contributed by atoms with van der Waals surface area (Å²) in [7, 11) is -1.91. The van der Waals surface area contributed by atoms with Gasteiger partial charge in [0.15, 0.2) is 0 Å². The molecule has 1 N–H and O–H groups in total. The number of benzene rings is 2. The molecule has 0 aliphatic rings. The van der Waals surface area contributed by atoms with Crippen molar-refractivity contribution in [2.75, 3.05) is 26.2 Å². The van der Waals surface area contributed by atoms with Crippen molar-refractivity contribution in [1.82, 2.24) is 0 Å². The molecule has 0 heterocycles. The molecule has 0 fully saturated rings. The Balaban J connectivity index is 0.000000520. The van der Waals surface area contributed by atoms with E-state index in [1.165, 1.54) is 202 Å². The highest BCUT2D eigenvalue weighted by molar-refractivity contribution is 7.85. The molecule has 2 aromatic rings. The van der Waals surface area contributed by atoms with Crippen LogP contribution in [0.5, 0.6) is 0 Å². The van der Waals surface area contributed by atoms with Crippen molar-refractivity contribution < 1.29 is 28.5 Å². The molecule has 1 atom stereocenters. The van der Waals surface area contributed by atoms with E-state index in [1.54, 1.807) is 6.07 Å². The first-order chi connectivity index (χ1) is 23.8. The number of aromatic carboxylic acids is 2. The molecule has 1 unspecified atom stereocenters. The molecule has 0 aliphatic heterocycles. The Morgan fingerprint density at radius 1 is 0.531 bits per heavy atom. The van der Waals surface area contributed by atoms with Gasteiger partial charge in [0.1, 0.15) is 0 Å². The van der Waals surface area contributed by atoms with Crippen molar-refractivity contribution >= 4 is 22.7 Å². The fourth-order valence-electron chi connectivity index (χ4n) is 6.59. The van der Waals surface area contributed by atoms with Gasteiger partial charge in [-0.3, -0.25) is 0 Å². The molecule has 2 aromatic carbocycles. The van der Waals surface area contributed by atoms with Crippen LogP contribution in [0.15, 0.2) is 58.3 Å². The second-order valence-electron chi connectivity index (χ2n) is 13.7. The highest BCUT2D eigenvalue weighted by Gasteiger charge is 2.26. The van der Waals surface area contributed by atoms with Crippen LogP contribution in [-0.4, -0.2) is 51.9 Å². The fraction of sp³-hybridized carbons (Fsp3) is 0.667. The van der Waals surface area contributed by atoms with Crippen molar-refractivity contribution in [3.8, 4) is 0 Å². The summed E-state index contributed by atoms with van der Waals surface area (Å²) in [6.07, 6.45) is 28.8. The van der Waals surface area contributed by atoms with E-state index in [1.807, 2.05) is 0 Å². The van der Waals surface area contributed by atoms with Crippen LogP contribution in [0.25, 0.3) is 0 Å². The zero-order valence-corrected chi connectivity index (χ0v) is 32.3. The number of hydrogen-bond donors (Lipinski definition) is 1. The lowest BCUT2D eigenvalue weighted by molar-refractivity contribution is -0.929. The molecular weight excluding hydrogens is 631 g/mol. The fourth-order valence-corrected chi connectivity index (χ4v) is 7.94. The molecule has 0 saturated heterocycles. The molecule has 49 heavy (non-hydrogen) atoms. The number of unbranched alkanes of at least 4 members (excludes halogenated alkanes) is 16. The Morgan fingerprint density at radius 3 is 1.16 bits per heavy atom. The first-order valence-corrected chi connectivity index (χ1v) is 20.8. The maximum atomic E-state index is 12.5. The molecule has 2 rings (SSSR count). The summed E-state index contributed by atoms with van der Waals surface area (Å²) in [5.74, 6) is -2.68. The topological polar surface area (TPSA) is 94.5 Å². The van der Waals surface area contributed by atoms with Crippen LogP contribution in [0, 0.1) is 0 Å². The number of rotatable bonds is 28. The summed E-state index contributed by atoms with van der Waals surface area (Å²) in [6.45, 7) is 15.2.